The predicted molar refractivity (Wildman–Crippen MR) is 144 cm³/mol. The van der Waals surface area contributed by atoms with Gasteiger partial charge in [0.15, 0.2) is 0 Å². The van der Waals surface area contributed by atoms with E-state index in [4.69, 9.17) is 11.6 Å². The van der Waals surface area contributed by atoms with E-state index in [1.165, 1.54) is 11.1 Å². The van der Waals surface area contributed by atoms with Gasteiger partial charge in [-0.3, -0.25) is 0 Å². The molecule has 0 heterocycles. The van der Waals surface area contributed by atoms with Crippen molar-refractivity contribution in [2.45, 2.75) is 57.9 Å². The molecule has 0 aliphatic heterocycles. The van der Waals surface area contributed by atoms with Gasteiger partial charge in [-0.2, -0.15) is 5.26 Å². The minimum atomic E-state index is -0.511. The number of nitriles is 1. The predicted octanol–water partition coefficient (Wildman–Crippen LogP) is 7.71. The first kappa shape index (κ1) is 26.0. The average Bonchev–Trinajstić information content (AvgIpc) is 2.86. The molecule has 2 unspecified atom stereocenters. The zero-order chi connectivity index (χ0) is 24.4. The molecular formula is C31H37ClN2. The smallest absolute Gasteiger partial charge is 0.0845 e. The summed E-state index contributed by atoms with van der Waals surface area (Å²) < 4.78 is 0. The third kappa shape index (κ3) is 6.95. The van der Waals surface area contributed by atoms with Crippen LogP contribution in [0, 0.1) is 17.2 Å². The summed E-state index contributed by atoms with van der Waals surface area (Å²) in [7, 11) is 0. The van der Waals surface area contributed by atoms with Crippen molar-refractivity contribution in [3.63, 3.8) is 0 Å². The van der Waals surface area contributed by atoms with E-state index in [0.717, 1.165) is 44.3 Å². The molecule has 34 heavy (non-hydrogen) atoms. The minimum Gasteiger partial charge on any atom is -0.300 e. The van der Waals surface area contributed by atoms with Gasteiger partial charge in [0.1, 0.15) is 0 Å². The van der Waals surface area contributed by atoms with E-state index in [1.54, 1.807) is 0 Å². The molecule has 0 spiro atoms. The van der Waals surface area contributed by atoms with E-state index in [9.17, 15) is 5.26 Å². The lowest BCUT2D eigenvalue weighted by atomic mass is 9.69. The van der Waals surface area contributed by atoms with Crippen LogP contribution >= 0.6 is 11.6 Å². The summed E-state index contributed by atoms with van der Waals surface area (Å²) in [5.74, 6) is 0.216. The minimum absolute atomic E-state index is 0.216. The van der Waals surface area contributed by atoms with Crippen molar-refractivity contribution < 1.29 is 0 Å². The molecule has 2 nitrogen and oxygen atoms in total. The fourth-order valence-electron chi connectivity index (χ4n) is 4.77. The standard InChI is InChI=1S/C31H37ClN2/c1-25(2)31(24-33,29-14-16-30(32)17-15-29)21-18-26(3)34(22-19-27-10-6-4-7-11-27)23-20-28-12-8-5-9-13-28/h4-17,25-26H,18-23H2,1-3H3. The van der Waals surface area contributed by atoms with Gasteiger partial charge in [-0.15, -0.1) is 0 Å². The van der Waals surface area contributed by atoms with Gasteiger partial charge in [0.25, 0.3) is 0 Å². The average molecular weight is 473 g/mol. The van der Waals surface area contributed by atoms with Gasteiger partial charge in [-0.25, -0.2) is 0 Å². The molecule has 2 atom stereocenters. The van der Waals surface area contributed by atoms with Gasteiger partial charge in [0.2, 0.25) is 0 Å². The highest BCUT2D eigenvalue weighted by atomic mass is 35.5. The molecule has 0 aromatic heterocycles. The lowest BCUT2D eigenvalue weighted by Crippen LogP contribution is -2.39. The summed E-state index contributed by atoms with van der Waals surface area (Å²) in [5, 5.41) is 11.0. The van der Waals surface area contributed by atoms with Gasteiger partial charge < -0.3 is 4.90 Å². The first-order chi connectivity index (χ1) is 16.4. The second-order valence-corrected chi connectivity index (χ2v) is 10.1. The number of rotatable bonds is 12. The second kappa shape index (κ2) is 12.7. The normalized spacial score (nSPS) is 14.0. The monoisotopic (exact) mass is 472 g/mol. The number of nitrogens with zero attached hydrogens (tertiary/aromatic N) is 2. The third-order valence-electron chi connectivity index (χ3n) is 7.19. The highest BCUT2D eigenvalue weighted by Gasteiger charge is 2.36. The fourth-order valence-corrected chi connectivity index (χ4v) is 4.90. The van der Waals surface area contributed by atoms with Crippen molar-refractivity contribution >= 4 is 11.6 Å². The SMILES string of the molecule is CC(CCC(C#N)(c1ccc(Cl)cc1)C(C)C)N(CCc1ccccc1)CCc1ccccc1. The van der Waals surface area contributed by atoms with Gasteiger partial charge in [-0.05, 0) is 67.3 Å². The first-order valence-corrected chi connectivity index (χ1v) is 12.8. The van der Waals surface area contributed by atoms with Gasteiger partial charge in [-0.1, -0.05) is 98.2 Å². The van der Waals surface area contributed by atoms with Gasteiger partial charge in [0.05, 0.1) is 11.5 Å². The maximum Gasteiger partial charge on any atom is 0.0845 e. The Labute approximate surface area is 211 Å². The molecule has 0 saturated carbocycles. The Morgan fingerprint density at radius 2 is 1.29 bits per heavy atom. The lowest BCUT2D eigenvalue weighted by molar-refractivity contribution is 0.188. The molecule has 0 fully saturated rings. The highest BCUT2D eigenvalue weighted by Crippen LogP contribution is 2.37. The lowest BCUT2D eigenvalue weighted by Gasteiger charge is -2.35. The Hall–Kier alpha value is -2.60. The molecule has 3 rings (SSSR count). The summed E-state index contributed by atoms with van der Waals surface area (Å²) >= 11 is 6.13. The summed E-state index contributed by atoms with van der Waals surface area (Å²) in [6.45, 7) is 8.66. The van der Waals surface area contributed by atoms with Crippen molar-refractivity contribution in [3.8, 4) is 6.07 Å². The fraction of sp³-hybridized carbons (Fsp3) is 0.387. The number of halogens is 1. The summed E-state index contributed by atoms with van der Waals surface area (Å²) in [4.78, 5) is 2.60. The van der Waals surface area contributed by atoms with Crippen molar-refractivity contribution in [2.75, 3.05) is 13.1 Å². The molecule has 0 N–H and O–H groups in total. The number of hydrogen-bond donors (Lipinski definition) is 0. The van der Waals surface area contributed by atoms with E-state index < -0.39 is 5.41 Å². The molecule has 0 amide bonds. The largest absolute Gasteiger partial charge is 0.300 e. The van der Waals surface area contributed by atoms with Crippen LogP contribution in [0.1, 0.15) is 50.3 Å². The summed E-state index contributed by atoms with van der Waals surface area (Å²) in [5.41, 5.74) is 3.30. The highest BCUT2D eigenvalue weighted by molar-refractivity contribution is 6.30. The van der Waals surface area contributed by atoms with Crippen LogP contribution in [0.25, 0.3) is 0 Å². The van der Waals surface area contributed by atoms with E-state index >= 15 is 0 Å². The van der Waals surface area contributed by atoms with Crippen LogP contribution in [0.2, 0.25) is 5.02 Å². The second-order valence-electron chi connectivity index (χ2n) is 9.64. The Morgan fingerprint density at radius 3 is 1.74 bits per heavy atom. The van der Waals surface area contributed by atoms with Crippen LogP contribution in [0.4, 0.5) is 0 Å². The van der Waals surface area contributed by atoms with E-state index in [0.29, 0.717) is 11.1 Å². The molecule has 3 aromatic rings. The third-order valence-corrected chi connectivity index (χ3v) is 7.44. The van der Waals surface area contributed by atoms with Crippen molar-refractivity contribution in [1.82, 2.24) is 4.90 Å². The zero-order valence-electron chi connectivity index (χ0n) is 20.8. The first-order valence-electron chi connectivity index (χ1n) is 12.4. The van der Waals surface area contributed by atoms with Crippen LogP contribution in [-0.2, 0) is 18.3 Å². The topological polar surface area (TPSA) is 27.0 Å². The Balaban J connectivity index is 1.73. The van der Waals surface area contributed by atoms with Crippen molar-refractivity contribution in [2.24, 2.45) is 5.92 Å². The molecule has 0 aliphatic carbocycles. The maximum atomic E-state index is 10.3. The zero-order valence-corrected chi connectivity index (χ0v) is 21.5. The molecule has 0 radical (unpaired) electrons. The van der Waals surface area contributed by atoms with Crippen LogP contribution in [0.15, 0.2) is 84.9 Å². The van der Waals surface area contributed by atoms with Gasteiger partial charge >= 0.3 is 0 Å². The van der Waals surface area contributed by atoms with Crippen LogP contribution < -0.4 is 0 Å². The molecule has 3 aromatic carbocycles. The molecule has 0 aliphatic rings. The number of hydrogen-bond acceptors (Lipinski definition) is 2. The molecule has 178 valence electrons. The number of benzene rings is 3. The molecule has 0 saturated heterocycles. The quantitative estimate of drug-likeness (QED) is 0.270. The molecule has 3 heteroatoms. The van der Waals surface area contributed by atoms with Crippen LogP contribution in [0.3, 0.4) is 0 Å². The van der Waals surface area contributed by atoms with E-state index in [1.807, 2.05) is 24.3 Å². The Morgan fingerprint density at radius 1 is 0.794 bits per heavy atom. The Kier molecular flexibility index (Phi) is 9.75. The maximum absolute atomic E-state index is 10.3. The van der Waals surface area contributed by atoms with Crippen LogP contribution in [0.5, 0.6) is 0 Å². The summed E-state index contributed by atoms with van der Waals surface area (Å²) in [6.07, 6.45) is 3.87. The van der Waals surface area contributed by atoms with E-state index in [2.05, 4.69) is 92.4 Å². The van der Waals surface area contributed by atoms with Gasteiger partial charge in [0, 0.05) is 24.2 Å². The van der Waals surface area contributed by atoms with Crippen molar-refractivity contribution in [3.05, 3.63) is 107 Å². The van der Waals surface area contributed by atoms with Crippen molar-refractivity contribution in [1.29, 1.82) is 5.26 Å². The molecular weight excluding hydrogens is 436 g/mol. The summed E-state index contributed by atoms with van der Waals surface area (Å²) in [6, 6.07) is 32.4. The van der Waals surface area contributed by atoms with Crippen LogP contribution in [-0.4, -0.2) is 24.0 Å². The Bertz CT molecular complexity index is 981. The van der Waals surface area contributed by atoms with E-state index in [-0.39, 0.29) is 5.92 Å². The molecule has 0 bridgehead atoms.